The van der Waals surface area contributed by atoms with E-state index in [0.717, 1.165) is 18.9 Å². The Morgan fingerprint density at radius 1 is 1.56 bits per heavy atom. The van der Waals surface area contributed by atoms with Gasteiger partial charge < -0.3 is 5.32 Å². The maximum atomic E-state index is 8.12. The van der Waals surface area contributed by atoms with E-state index in [1.54, 1.807) is 0 Å². The largest absolute Gasteiger partial charge is 0.304 e. The second kappa shape index (κ2) is 5.58. The monoisotopic (exact) mass is 126 g/mol. The average molecular weight is 126 g/mol. The first-order valence-corrected chi connectivity index (χ1v) is 3.35. The highest BCUT2D eigenvalue weighted by atomic mass is 14.8. The summed E-state index contributed by atoms with van der Waals surface area (Å²) in [5, 5.41) is 11.1. The number of nitriles is 1. The summed E-state index contributed by atoms with van der Waals surface area (Å²) in [7, 11) is 0. The van der Waals surface area contributed by atoms with Crippen LogP contribution in [0.25, 0.3) is 0 Å². The van der Waals surface area contributed by atoms with Crippen LogP contribution < -0.4 is 5.32 Å². The molecule has 0 bridgehead atoms. The van der Waals surface area contributed by atoms with Gasteiger partial charge in [-0.25, -0.2) is 0 Å². The first-order chi connectivity index (χ1) is 4.27. The van der Waals surface area contributed by atoms with Crippen LogP contribution in [0.1, 0.15) is 20.3 Å². The van der Waals surface area contributed by atoms with Crippen molar-refractivity contribution in [3.8, 4) is 6.07 Å². The van der Waals surface area contributed by atoms with Crippen molar-refractivity contribution in [1.82, 2.24) is 5.32 Å². The molecule has 0 aliphatic rings. The van der Waals surface area contributed by atoms with E-state index in [1.807, 2.05) is 6.07 Å². The van der Waals surface area contributed by atoms with Crippen molar-refractivity contribution in [2.45, 2.75) is 20.3 Å². The summed E-state index contributed by atoms with van der Waals surface area (Å²) in [6, 6.07) is 2.03. The Kier molecular flexibility index (Phi) is 5.24. The molecule has 52 valence electrons. The predicted molar refractivity (Wildman–Crippen MR) is 37.9 cm³/mol. The van der Waals surface area contributed by atoms with Crippen LogP contribution in [-0.2, 0) is 0 Å². The van der Waals surface area contributed by atoms with E-state index in [-0.39, 0.29) is 0 Å². The minimum absolute atomic E-state index is 0.479. The van der Waals surface area contributed by atoms with Gasteiger partial charge in [-0.3, -0.25) is 0 Å². The topological polar surface area (TPSA) is 35.8 Å². The lowest BCUT2D eigenvalue weighted by atomic mass is 10.1. The van der Waals surface area contributed by atoms with Gasteiger partial charge in [0.15, 0.2) is 0 Å². The number of hydrogen-bond donors (Lipinski definition) is 1. The highest BCUT2D eigenvalue weighted by molar-refractivity contribution is 4.72. The van der Waals surface area contributed by atoms with E-state index in [2.05, 4.69) is 19.2 Å². The SMILES string of the molecule is CC(C)CCNCC#N. The molecule has 0 aromatic carbocycles. The third kappa shape index (κ3) is 7.45. The Morgan fingerprint density at radius 3 is 2.67 bits per heavy atom. The van der Waals surface area contributed by atoms with Gasteiger partial charge >= 0.3 is 0 Å². The molecular formula is C7H14N2. The first-order valence-electron chi connectivity index (χ1n) is 3.35. The molecule has 0 radical (unpaired) electrons. The Balaban J connectivity index is 2.85. The third-order valence-corrected chi connectivity index (χ3v) is 1.10. The lowest BCUT2D eigenvalue weighted by molar-refractivity contribution is 0.554. The van der Waals surface area contributed by atoms with Crippen LogP contribution in [0, 0.1) is 17.2 Å². The molecule has 0 aliphatic heterocycles. The molecule has 0 rings (SSSR count). The maximum absolute atomic E-state index is 8.12. The summed E-state index contributed by atoms with van der Waals surface area (Å²) in [5.74, 6) is 0.733. The van der Waals surface area contributed by atoms with Crippen molar-refractivity contribution in [3.63, 3.8) is 0 Å². The summed E-state index contributed by atoms with van der Waals surface area (Å²) in [4.78, 5) is 0. The molecule has 9 heavy (non-hydrogen) atoms. The molecule has 0 fully saturated rings. The van der Waals surface area contributed by atoms with E-state index in [9.17, 15) is 0 Å². The third-order valence-electron chi connectivity index (χ3n) is 1.10. The minimum Gasteiger partial charge on any atom is -0.304 e. The number of rotatable bonds is 4. The molecule has 0 aromatic rings. The van der Waals surface area contributed by atoms with Crippen molar-refractivity contribution in [2.75, 3.05) is 13.1 Å². The molecule has 0 atom stereocenters. The Labute approximate surface area is 56.9 Å². The molecule has 2 nitrogen and oxygen atoms in total. The smallest absolute Gasteiger partial charge is 0.0840 e. The van der Waals surface area contributed by atoms with Crippen molar-refractivity contribution < 1.29 is 0 Å². The maximum Gasteiger partial charge on any atom is 0.0840 e. The number of hydrogen-bond acceptors (Lipinski definition) is 2. The molecule has 0 aliphatic carbocycles. The lowest BCUT2D eigenvalue weighted by Crippen LogP contribution is -2.16. The van der Waals surface area contributed by atoms with Crippen molar-refractivity contribution in [2.24, 2.45) is 5.92 Å². The molecule has 2 heteroatoms. The second-order valence-electron chi connectivity index (χ2n) is 2.52. The second-order valence-corrected chi connectivity index (χ2v) is 2.52. The minimum atomic E-state index is 0.479. The normalized spacial score (nSPS) is 9.56. The molecule has 0 saturated heterocycles. The molecule has 0 amide bonds. The number of nitrogens with zero attached hydrogens (tertiary/aromatic N) is 1. The molecule has 0 aromatic heterocycles. The summed E-state index contributed by atoms with van der Waals surface area (Å²) in [5.41, 5.74) is 0. The summed E-state index contributed by atoms with van der Waals surface area (Å²) in [6.45, 7) is 5.79. The molecule has 0 heterocycles. The van der Waals surface area contributed by atoms with Crippen molar-refractivity contribution in [3.05, 3.63) is 0 Å². The van der Waals surface area contributed by atoms with Crippen LogP contribution in [0.15, 0.2) is 0 Å². The number of nitrogens with one attached hydrogen (secondary N) is 1. The Bertz CT molecular complexity index is 91.6. The quantitative estimate of drug-likeness (QED) is 0.453. The van der Waals surface area contributed by atoms with Gasteiger partial charge in [0.2, 0.25) is 0 Å². The summed E-state index contributed by atoms with van der Waals surface area (Å²) in [6.07, 6.45) is 1.15. The highest BCUT2D eigenvalue weighted by Gasteiger charge is 1.90. The van der Waals surface area contributed by atoms with Crippen LogP contribution in [0.4, 0.5) is 0 Å². The van der Waals surface area contributed by atoms with Crippen LogP contribution in [0.2, 0.25) is 0 Å². The van der Waals surface area contributed by atoms with E-state index < -0.39 is 0 Å². The lowest BCUT2D eigenvalue weighted by Gasteiger charge is -2.02. The van der Waals surface area contributed by atoms with Gasteiger partial charge in [0, 0.05) is 0 Å². The predicted octanol–water partition coefficient (Wildman–Crippen LogP) is 1.15. The van der Waals surface area contributed by atoms with Gasteiger partial charge in [0.1, 0.15) is 0 Å². The van der Waals surface area contributed by atoms with E-state index in [4.69, 9.17) is 5.26 Å². The van der Waals surface area contributed by atoms with Gasteiger partial charge in [0.05, 0.1) is 12.6 Å². The summed E-state index contributed by atoms with van der Waals surface area (Å²) >= 11 is 0. The van der Waals surface area contributed by atoms with Gasteiger partial charge in [-0.1, -0.05) is 13.8 Å². The van der Waals surface area contributed by atoms with E-state index in [0.29, 0.717) is 6.54 Å². The van der Waals surface area contributed by atoms with Gasteiger partial charge in [-0.2, -0.15) is 5.26 Å². The zero-order chi connectivity index (χ0) is 7.11. The Hall–Kier alpha value is -0.550. The van der Waals surface area contributed by atoms with Crippen molar-refractivity contribution in [1.29, 1.82) is 5.26 Å². The summed E-state index contributed by atoms with van der Waals surface area (Å²) < 4.78 is 0. The van der Waals surface area contributed by atoms with Crippen molar-refractivity contribution >= 4 is 0 Å². The zero-order valence-corrected chi connectivity index (χ0v) is 6.15. The first kappa shape index (κ1) is 8.45. The zero-order valence-electron chi connectivity index (χ0n) is 6.15. The molecule has 0 unspecified atom stereocenters. The molecule has 0 spiro atoms. The van der Waals surface area contributed by atoms with Gasteiger partial charge in [-0.05, 0) is 18.9 Å². The van der Waals surface area contributed by atoms with Gasteiger partial charge in [0.25, 0.3) is 0 Å². The molecule has 1 N–H and O–H groups in total. The van der Waals surface area contributed by atoms with E-state index in [1.165, 1.54) is 0 Å². The van der Waals surface area contributed by atoms with Crippen LogP contribution in [-0.4, -0.2) is 13.1 Å². The Morgan fingerprint density at radius 2 is 2.22 bits per heavy atom. The van der Waals surface area contributed by atoms with Crippen LogP contribution in [0.3, 0.4) is 0 Å². The van der Waals surface area contributed by atoms with Crippen LogP contribution in [0.5, 0.6) is 0 Å². The van der Waals surface area contributed by atoms with Crippen LogP contribution >= 0.6 is 0 Å². The fraction of sp³-hybridized carbons (Fsp3) is 0.857. The fourth-order valence-corrected chi connectivity index (χ4v) is 0.535. The molecular weight excluding hydrogens is 112 g/mol. The molecule has 0 saturated carbocycles. The van der Waals surface area contributed by atoms with Gasteiger partial charge in [-0.15, -0.1) is 0 Å². The van der Waals surface area contributed by atoms with E-state index >= 15 is 0 Å². The fourth-order valence-electron chi connectivity index (χ4n) is 0.535. The average Bonchev–Trinajstić information content (AvgIpc) is 1.80. The standard InChI is InChI=1S/C7H14N2/c1-7(2)3-5-9-6-4-8/h7,9H,3,5-6H2,1-2H3. The highest BCUT2D eigenvalue weighted by Crippen LogP contribution is 1.95.